The van der Waals surface area contributed by atoms with E-state index < -0.39 is 5.82 Å². The Morgan fingerprint density at radius 2 is 2.07 bits per heavy atom. The Morgan fingerprint density at radius 1 is 1.36 bits per heavy atom. The molecule has 14 heavy (non-hydrogen) atoms. The van der Waals surface area contributed by atoms with Gasteiger partial charge in [-0.3, -0.25) is 4.79 Å². The fourth-order valence-electron chi connectivity index (χ4n) is 1.07. The molecule has 0 radical (unpaired) electrons. The Labute approximate surface area is 81.7 Å². The van der Waals surface area contributed by atoms with Crippen molar-refractivity contribution < 1.29 is 14.3 Å². The minimum absolute atomic E-state index is 0.0332. The number of benzene rings is 1. The van der Waals surface area contributed by atoms with E-state index in [1.165, 1.54) is 6.07 Å². The van der Waals surface area contributed by atoms with Crippen LogP contribution in [0.25, 0.3) is 6.08 Å². The number of halogens is 1. The lowest BCUT2D eigenvalue weighted by molar-refractivity contribution is 0.112. The van der Waals surface area contributed by atoms with Crippen LogP contribution < -0.4 is 0 Å². The van der Waals surface area contributed by atoms with Gasteiger partial charge in [-0.1, -0.05) is 24.3 Å². The molecule has 1 aromatic carbocycles. The molecule has 0 saturated heterocycles. The number of hydrogen-bond donors (Lipinski definition) is 1. The monoisotopic (exact) mass is 194 g/mol. The van der Waals surface area contributed by atoms with Crippen molar-refractivity contribution in [3.05, 3.63) is 41.2 Å². The second-order valence-electron chi connectivity index (χ2n) is 2.78. The van der Waals surface area contributed by atoms with E-state index in [1.54, 1.807) is 24.3 Å². The van der Waals surface area contributed by atoms with Crippen LogP contribution in [0.4, 0.5) is 4.39 Å². The lowest BCUT2D eigenvalue weighted by Gasteiger charge is -1.98. The minimum atomic E-state index is -0.517. The molecule has 0 atom stereocenters. The maximum Gasteiger partial charge on any atom is 0.153 e. The first-order chi connectivity index (χ1) is 6.79. The van der Waals surface area contributed by atoms with Crippen LogP contribution in [0.2, 0.25) is 0 Å². The summed E-state index contributed by atoms with van der Waals surface area (Å²) in [7, 11) is 0. The number of hydrogen-bond acceptors (Lipinski definition) is 2. The van der Waals surface area contributed by atoms with E-state index in [4.69, 9.17) is 5.11 Å². The van der Waals surface area contributed by atoms with Crippen molar-refractivity contribution in [3.63, 3.8) is 0 Å². The predicted octanol–water partition coefficient (Wildman–Crippen LogP) is 2.03. The molecule has 0 aromatic heterocycles. The molecular weight excluding hydrogens is 183 g/mol. The van der Waals surface area contributed by atoms with E-state index in [2.05, 4.69) is 0 Å². The smallest absolute Gasteiger partial charge is 0.153 e. The van der Waals surface area contributed by atoms with Gasteiger partial charge in [0.2, 0.25) is 0 Å². The number of aliphatic hydroxyl groups excluding tert-OH is 1. The summed E-state index contributed by atoms with van der Waals surface area (Å²) in [6, 6.07) is 4.62. The molecule has 1 N–H and O–H groups in total. The lowest BCUT2D eigenvalue weighted by atomic mass is 10.1. The predicted molar refractivity (Wildman–Crippen MR) is 52.5 cm³/mol. The fraction of sp³-hybridized carbons (Fsp3) is 0.182. The van der Waals surface area contributed by atoms with Gasteiger partial charge in [0.1, 0.15) is 5.82 Å². The van der Waals surface area contributed by atoms with Crippen LogP contribution in [-0.4, -0.2) is 18.0 Å². The van der Waals surface area contributed by atoms with Crippen molar-refractivity contribution in [1.29, 1.82) is 0 Å². The topological polar surface area (TPSA) is 37.3 Å². The molecule has 1 rings (SSSR count). The van der Waals surface area contributed by atoms with E-state index in [1.807, 2.05) is 0 Å². The molecule has 1 aromatic rings. The summed E-state index contributed by atoms with van der Waals surface area (Å²) < 4.78 is 13.4. The van der Waals surface area contributed by atoms with Crippen molar-refractivity contribution in [1.82, 2.24) is 0 Å². The number of aldehydes is 1. The van der Waals surface area contributed by atoms with E-state index in [0.717, 1.165) is 0 Å². The van der Waals surface area contributed by atoms with Crippen LogP contribution in [0.15, 0.2) is 24.3 Å². The van der Waals surface area contributed by atoms with E-state index in [9.17, 15) is 9.18 Å². The molecule has 0 aliphatic carbocycles. The highest BCUT2D eigenvalue weighted by Crippen LogP contribution is 2.12. The van der Waals surface area contributed by atoms with Crippen molar-refractivity contribution in [3.8, 4) is 0 Å². The Balaban J connectivity index is 2.92. The van der Waals surface area contributed by atoms with Crippen LogP contribution in [0.1, 0.15) is 22.3 Å². The van der Waals surface area contributed by atoms with E-state index in [0.29, 0.717) is 18.3 Å². The Bertz CT molecular complexity index is 345. The molecular formula is C11H11FO2. The number of rotatable bonds is 4. The molecule has 0 aliphatic heterocycles. The maximum atomic E-state index is 13.4. The van der Waals surface area contributed by atoms with Crippen LogP contribution in [0.3, 0.4) is 0 Å². The molecule has 2 nitrogen and oxygen atoms in total. The molecule has 0 heterocycles. The number of carbonyl (C=O) groups excluding carboxylic acids is 1. The normalized spacial score (nSPS) is 10.7. The van der Waals surface area contributed by atoms with E-state index in [-0.39, 0.29) is 12.2 Å². The summed E-state index contributed by atoms with van der Waals surface area (Å²) in [6.07, 6.45) is 4.18. The first-order valence-corrected chi connectivity index (χ1v) is 4.30. The summed E-state index contributed by atoms with van der Waals surface area (Å²) in [4.78, 5) is 10.4. The molecule has 0 unspecified atom stereocenters. The summed E-state index contributed by atoms with van der Waals surface area (Å²) in [5.74, 6) is -0.517. The highest BCUT2D eigenvalue weighted by Gasteiger charge is 2.03. The maximum absolute atomic E-state index is 13.4. The third-order valence-corrected chi connectivity index (χ3v) is 1.78. The highest BCUT2D eigenvalue weighted by atomic mass is 19.1. The minimum Gasteiger partial charge on any atom is -0.396 e. The molecule has 3 heteroatoms. The van der Waals surface area contributed by atoms with Gasteiger partial charge in [-0.2, -0.15) is 0 Å². The van der Waals surface area contributed by atoms with Gasteiger partial charge < -0.3 is 5.11 Å². The summed E-state index contributed by atoms with van der Waals surface area (Å²) in [5, 5.41) is 8.51. The van der Waals surface area contributed by atoms with Crippen LogP contribution in [0, 0.1) is 5.82 Å². The van der Waals surface area contributed by atoms with Crippen LogP contribution in [-0.2, 0) is 0 Å². The van der Waals surface area contributed by atoms with Gasteiger partial charge in [-0.05, 0) is 12.5 Å². The largest absolute Gasteiger partial charge is 0.396 e. The molecule has 74 valence electrons. The zero-order chi connectivity index (χ0) is 10.4. The molecule has 0 aliphatic rings. The first-order valence-electron chi connectivity index (χ1n) is 4.30. The van der Waals surface area contributed by atoms with Crippen molar-refractivity contribution in [2.45, 2.75) is 6.42 Å². The SMILES string of the molecule is O=Cc1cccc(C=CCCO)c1F. The summed E-state index contributed by atoms with van der Waals surface area (Å²) >= 11 is 0. The van der Waals surface area contributed by atoms with Gasteiger partial charge in [0.05, 0.1) is 5.56 Å². The Morgan fingerprint density at radius 3 is 2.71 bits per heavy atom. The quantitative estimate of drug-likeness (QED) is 0.744. The zero-order valence-corrected chi connectivity index (χ0v) is 7.61. The Hall–Kier alpha value is -1.48. The van der Waals surface area contributed by atoms with Crippen molar-refractivity contribution in [2.24, 2.45) is 0 Å². The number of carbonyl (C=O) groups is 1. The van der Waals surface area contributed by atoms with Crippen LogP contribution >= 0.6 is 0 Å². The van der Waals surface area contributed by atoms with Crippen molar-refractivity contribution >= 4 is 12.4 Å². The van der Waals surface area contributed by atoms with Gasteiger partial charge >= 0.3 is 0 Å². The van der Waals surface area contributed by atoms with E-state index >= 15 is 0 Å². The lowest BCUT2D eigenvalue weighted by Crippen LogP contribution is -1.90. The number of aliphatic hydroxyl groups is 1. The van der Waals surface area contributed by atoms with Gasteiger partial charge in [0.25, 0.3) is 0 Å². The molecule has 0 bridgehead atoms. The first kappa shape index (κ1) is 10.6. The van der Waals surface area contributed by atoms with Crippen molar-refractivity contribution in [2.75, 3.05) is 6.61 Å². The summed E-state index contributed by atoms with van der Waals surface area (Å²) in [5.41, 5.74) is 0.416. The van der Waals surface area contributed by atoms with Gasteiger partial charge in [-0.15, -0.1) is 0 Å². The average Bonchev–Trinajstić information content (AvgIpc) is 2.21. The molecule has 0 saturated carbocycles. The third kappa shape index (κ3) is 2.50. The third-order valence-electron chi connectivity index (χ3n) is 1.78. The summed E-state index contributed by atoms with van der Waals surface area (Å²) in [6.45, 7) is 0.0332. The highest BCUT2D eigenvalue weighted by molar-refractivity contribution is 5.76. The second kappa shape index (κ2) is 5.29. The molecule has 0 fully saturated rings. The standard InChI is InChI=1S/C11H11FO2/c12-11-9(4-1-2-7-13)5-3-6-10(11)8-14/h1,3-6,8,13H,2,7H2. The van der Waals surface area contributed by atoms with Gasteiger partial charge in [0.15, 0.2) is 6.29 Å². The zero-order valence-electron chi connectivity index (χ0n) is 7.61. The Kier molecular flexibility index (Phi) is 4.01. The molecule has 0 amide bonds. The molecule has 0 spiro atoms. The average molecular weight is 194 g/mol. The van der Waals surface area contributed by atoms with Gasteiger partial charge in [0, 0.05) is 12.2 Å². The van der Waals surface area contributed by atoms with Gasteiger partial charge in [-0.25, -0.2) is 4.39 Å². The van der Waals surface area contributed by atoms with Crippen LogP contribution in [0.5, 0.6) is 0 Å². The fourth-order valence-corrected chi connectivity index (χ4v) is 1.07. The second-order valence-corrected chi connectivity index (χ2v) is 2.78.